The molecule has 0 atom stereocenters. The standard InChI is InChI=1S/C26H23N5O3S.C25H21N5O3S/c1-16-5-8-19(9-6-16)35(32,33)31-24(12-21-25-17(13-27-26(21)31)14-28-30(25)3)22-15-29(2)23-10-7-18(34-4)11-20(22)23;1-15-4-7-18(8-5-15)34(32,33)30-23(21-14-28(2)22-9-6-17(31)10-19(21)22)11-20-24-16(12-26-25(20)30)13-27-29(24)3/h5-15H,1-4H3;4-14,31H,1-3H3. The first kappa shape index (κ1) is 43.4. The number of aromatic nitrogens is 10. The van der Waals surface area contributed by atoms with Gasteiger partial charge in [0, 0.05) is 107 Å². The summed E-state index contributed by atoms with van der Waals surface area (Å²) in [4.78, 5) is 9.53. The number of methoxy groups -OCH3 is 1. The fourth-order valence-electron chi connectivity index (χ4n) is 9.36. The number of hydrogen-bond donors (Lipinski definition) is 1. The topological polar surface area (TPSA) is 179 Å². The van der Waals surface area contributed by atoms with Crippen molar-refractivity contribution in [1.82, 2.24) is 46.6 Å². The van der Waals surface area contributed by atoms with Crippen molar-refractivity contribution < 1.29 is 26.7 Å². The van der Waals surface area contributed by atoms with Gasteiger partial charge in [-0.25, -0.2) is 34.7 Å². The summed E-state index contributed by atoms with van der Waals surface area (Å²) >= 11 is 0. The molecule has 1 N–H and O–H groups in total. The minimum Gasteiger partial charge on any atom is -0.508 e. The van der Waals surface area contributed by atoms with E-state index in [4.69, 9.17) is 4.74 Å². The second-order valence-electron chi connectivity index (χ2n) is 17.3. The smallest absolute Gasteiger partial charge is 0.269 e. The number of fused-ring (bicyclic) bond motifs is 8. The first-order valence-corrected chi connectivity index (χ1v) is 24.6. The number of pyridine rings is 2. The first-order chi connectivity index (χ1) is 33.0. The van der Waals surface area contributed by atoms with Gasteiger partial charge in [-0.2, -0.15) is 10.2 Å². The molecule has 0 saturated heterocycles. The maximum absolute atomic E-state index is 14.1. The summed E-state index contributed by atoms with van der Waals surface area (Å²) in [6.45, 7) is 3.84. The maximum Gasteiger partial charge on any atom is 0.269 e. The molecule has 0 radical (unpaired) electrons. The molecule has 0 fully saturated rings. The van der Waals surface area contributed by atoms with Crippen molar-refractivity contribution in [2.75, 3.05) is 7.11 Å². The Kier molecular flexibility index (Phi) is 9.85. The molecule has 0 aliphatic heterocycles. The van der Waals surface area contributed by atoms with Crippen LogP contribution in [-0.4, -0.2) is 75.7 Å². The van der Waals surface area contributed by atoms with Gasteiger partial charge < -0.3 is 19.0 Å². The number of hydrogen-bond acceptors (Lipinski definition) is 10. The number of aromatic hydroxyl groups is 1. The van der Waals surface area contributed by atoms with Crippen molar-refractivity contribution in [1.29, 1.82) is 0 Å². The molecule has 8 heterocycles. The molecule has 8 aromatic heterocycles. The maximum atomic E-state index is 14.1. The highest BCUT2D eigenvalue weighted by Gasteiger charge is 2.30. The van der Waals surface area contributed by atoms with Crippen LogP contribution in [0.3, 0.4) is 0 Å². The van der Waals surface area contributed by atoms with E-state index in [9.17, 15) is 21.9 Å². The molecule has 346 valence electrons. The Morgan fingerprint density at radius 2 is 0.957 bits per heavy atom. The zero-order valence-corrected chi connectivity index (χ0v) is 40.1. The van der Waals surface area contributed by atoms with Gasteiger partial charge in [-0.15, -0.1) is 0 Å². The number of phenols is 1. The third-order valence-corrected chi connectivity index (χ3v) is 16.2. The lowest BCUT2D eigenvalue weighted by Crippen LogP contribution is -2.14. The molecule has 0 bridgehead atoms. The van der Waals surface area contributed by atoms with Gasteiger partial charge in [0.25, 0.3) is 20.0 Å². The van der Waals surface area contributed by atoms with E-state index >= 15 is 0 Å². The molecular weight excluding hydrogens is 913 g/mol. The highest BCUT2D eigenvalue weighted by atomic mass is 32.2. The Morgan fingerprint density at radius 1 is 0.522 bits per heavy atom. The normalized spacial score (nSPS) is 12.3. The summed E-state index contributed by atoms with van der Waals surface area (Å²) in [6, 6.07) is 28.3. The van der Waals surface area contributed by atoms with E-state index in [-0.39, 0.29) is 15.5 Å². The monoisotopic (exact) mass is 956 g/mol. The summed E-state index contributed by atoms with van der Waals surface area (Å²) in [7, 11) is 1.14. The summed E-state index contributed by atoms with van der Waals surface area (Å²) < 4.78 is 71.8. The van der Waals surface area contributed by atoms with Crippen LogP contribution in [0.2, 0.25) is 0 Å². The molecule has 12 aromatic rings. The van der Waals surface area contributed by atoms with Crippen molar-refractivity contribution in [3.63, 3.8) is 0 Å². The van der Waals surface area contributed by atoms with E-state index in [0.717, 1.165) is 60.3 Å². The Hall–Kier alpha value is -8.22. The van der Waals surface area contributed by atoms with Crippen LogP contribution in [0, 0.1) is 13.8 Å². The quantitative estimate of drug-likeness (QED) is 0.162. The predicted molar refractivity (Wildman–Crippen MR) is 268 cm³/mol. The number of ether oxygens (including phenoxy) is 1. The Balaban J connectivity index is 0.000000151. The van der Waals surface area contributed by atoms with Crippen LogP contribution >= 0.6 is 0 Å². The zero-order valence-electron chi connectivity index (χ0n) is 38.5. The Labute approximate surface area is 395 Å². The van der Waals surface area contributed by atoms with E-state index in [1.54, 1.807) is 102 Å². The summed E-state index contributed by atoms with van der Waals surface area (Å²) in [5, 5.41) is 23.6. The fraction of sp³-hybridized carbons (Fsp3) is 0.137. The molecule has 0 spiro atoms. The molecule has 0 unspecified atom stereocenters. The Morgan fingerprint density at radius 3 is 1.41 bits per heavy atom. The summed E-state index contributed by atoms with van der Waals surface area (Å²) in [6.07, 6.45) is 10.6. The van der Waals surface area contributed by atoms with Gasteiger partial charge >= 0.3 is 0 Å². The van der Waals surface area contributed by atoms with Gasteiger partial charge in [-0.05, 0) is 86.6 Å². The van der Waals surface area contributed by atoms with Crippen LogP contribution in [0.25, 0.3) is 88.2 Å². The molecule has 16 nitrogen and oxygen atoms in total. The van der Waals surface area contributed by atoms with Crippen LogP contribution in [0.15, 0.2) is 144 Å². The number of phenolic OH excluding ortho intramolecular Hbond substituents is 1. The molecule has 12 rings (SSSR count). The lowest BCUT2D eigenvalue weighted by molar-refractivity contribution is 0.415. The third kappa shape index (κ3) is 6.76. The van der Waals surface area contributed by atoms with E-state index < -0.39 is 20.0 Å². The SMILES string of the molecule is COc1ccc2c(c1)c(-c1cc3c4c(cnc3n1S(=O)(=O)c1ccc(C)cc1)cnn4C)cn2C.Cc1ccc(S(=O)(=O)n2c(-c3cn(C)c4ccc(O)cc34)cc3c4c(cnc32)cnn4C)cc1. The van der Waals surface area contributed by atoms with Crippen molar-refractivity contribution in [2.45, 2.75) is 23.6 Å². The number of rotatable bonds is 7. The van der Waals surface area contributed by atoms with Crippen LogP contribution in [0.5, 0.6) is 11.5 Å². The number of nitrogens with zero attached hydrogens (tertiary/aromatic N) is 10. The van der Waals surface area contributed by atoms with Gasteiger partial charge in [0.05, 0.1) is 51.7 Å². The van der Waals surface area contributed by atoms with E-state index in [0.29, 0.717) is 44.8 Å². The molecule has 0 saturated carbocycles. The predicted octanol–water partition coefficient (Wildman–Crippen LogP) is 8.97. The lowest BCUT2D eigenvalue weighted by atomic mass is 10.1. The van der Waals surface area contributed by atoms with Crippen LogP contribution in [0.4, 0.5) is 0 Å². The molecule has 0 amide bonds. The molecule has 0 aliphatic carbocycles. The molecule has 4 aromatic carbocycles. The van der Waals surface area contributed by atoms with E-state index in [1.165, 1.54) is 7.94 Å². The first-order valence-electron chi connectivity index (χ1n) is 21.8. The fourth-order valence-corrected chi connectivity index (χ4v) is 12.3. The minimum atomic E-state index is -4.00. The van der Waals surface area contributed by atoms with Crippen molar-refractivity contribution in [3.05, 3.63) is 145 Å². The average molecular weight is 957 g/mol. The Bertz CT molecular complexity index is 4290. The zero-order chi connectivity index (χ0) is 48.3. The van der Waals surface area contributed by atoms with Crippen LogP contribution in [-0.2, 0) is 48.2 Å². The largest absolute Gasteiger partial charge is 0.508 e. The van der Waals surface area contributed by atoms with Gasteiger partial charge in [-0.3, -0.25) is 9.36 Å². The molecule has 18 heteroatoms. The second kappa shape index (κ2) is 15.7. The summed E-state index contributed by atoms with van der Waals surface area (Å²) in [5.41, 5.74) is 8.53. The second-order valence-corrected chi connectivity index (χ2v) is 20.8. The molecule has 69 heavy (non-hydrogen) atoms. The van der Waals surface area contributed by atoms with Crippen molar-refractivity contribution >= 4 is 85.7 Å². The average Bonchev–Trinajstić information content (AvgIpc) is 4.19. The van der Waals surface area contributed by atoms with Gasteiger partial charge in [0.1, 0.15) is 11.5 Å². The van der Waals surface area contributed by atoms with Gasteiger partial charge in [0.2, 0.25) is 0 Å². The third-order valence-electron chi connectivity index (χ3n) is 12.8. The highest BCUT2D eigenvalue weighted by molar-refractivity contribution is 7.90. The van der Waals surface area contributed by atoms with Crippen LogP contribution < -0.4 is 4.74 Å². The molecule has 0 aliphatic rings. The minimum absolute atomic E-state index is 0.108. The lowest BCUT2D eigenvalue weighted by Gasteiger charge is -2.12. The van der Waals surface area contributed by atoms with E-state index in [1.807, 2.05) is 100.0 Å². The number of aryl methyl sites for hydroxylation is 6. The van der Waals surface area contributed by atoms with E-state index in [2.05, 4.69) is 20.2 Å². The summed E-state index contributed by atoms with van der Waals surface area (Å²) in [5.74, 6) is 0.803. The highest BCUT2D eigenvalue weighted by Crippen LogP contribution is 2.41. The molecular formula is C51H44N10O6S2. The van der Waals surface area contributed by atoms with Gasteiger partial charge in [-0.1, -0.05) is 35.4 Å². The van der Waals surface area contributed by atoms with Crippen molar-refractivity contribution in [3.8, 4) is 34.0 Å². The van der Waals surface area contributed by atoms with Crippen LogP contribution in [0.1, 0.15) is 11.1 Å². The van der Waals surface area contributed by atoms with Crippen molar-refractivity contribution in [2.24, 2.45) is 28.2 Å². The van der Waals surface area contributed by atoms with Gasteiger partial charge in [0.15, 0.2) is 11.3 Å². The number of benzene rings is 4.